The topological polar surface area (TPSA) is 79.0 Å². The van der Waals surface area contributed by atoms with Crippen molar-refractivity contribution in [2.75, 3.05) is 39.8 Å². The lowest BCUT2D eigenvalue weighted by molar-refractivity contribution is -0.135. The van der Waals surface area contributed by atoms with Gasteiger partial charge in [0.15, 0.2) is 0 Å². The number of methoxy groups -OCH3 is 1. The van der Waals surface area contributed by atoms with E-state index in [9.17, 15) is 13.2 Å². The van der Waals surface area contributed by atoms with Gasteiger partial charge in [0, 0.05) is 26.2 Å². The number of amides is 1. The van der Waals surface area contributed by atoms with Crippen molar-refractivity contribution in [2.24, 2.45) is 0 Å². The lowest BCUT2D eigenvalue weighted by Gasteiger charge is -2.36. The highest BCUT2D eigenvalue weighted by molar-refractivity contribution is 7.89. The molecule has 0 aliphatic carbocycles. The molecule has 1 aromatic carbocycles. The number of halogens is 1. The van der Waals surface area contributed by atoms with Crippen LogP contribution in [0, 0.1) is 0 Å². The van der Waals surface area contributed by atoms with E-state index in [1.54, 1.807) is 36.3 Å². The van der Waals surface area contributed by atoms with Crippen molar-refractivity contribution >= 4 is 28.3 Å². The highest BCUT2D eigenvalue weighted by Gasteiger charge is 2.32. The van der Waals surface area contributed by atoms with Crippen LogP contribution in [0.1, 0.15) is 19.3 Å². The Bertz CT molecular complexity index is 697. The predicted octanol–water partition coefficient (Wildman–Crippen LogP) is 1.09. The summed E-state index contributed by atoms with van der Waals surface area (Å²) >= 11 is 0. The normalized spacial score (nSPS) is 21.7. The Hall–Kier alpha value is -1.35. The number of piperidine rings is 1. The molecule has 1 amide bonds. The highest BCUT2D eigenvalue weighted by atomic mass is 35.5. The van der Waals surface area contributed by atoms with Gasteiger partial charge in [0.2, 0.25) is 15.9 Å². The van der Waals surface area contributed by atoms with Gasteiger partial charge in [0.05, 0.1) is 18.0 Å². The molecule has 1 N–H and O–H groups in total. The third kappa shape index (κ3) is 4.49. The summed E-state index contributed by atoms with van der Waals surface area (Å²) in [5.41, 5.74) is 0. The van der Waals surface area contributed by atoms with Crippen molar-refractivity contribution in [3.05, 3.63) is 24.3 Å². The first-order valence-corrected chi connectivity index (χ1v) is 10.1. The maximum Gasteiger partial charge on any atom is 0.243 e. The van der Waals surface area contributed by atoms with Gasteiger partial charge in [-0.05, 0) is 43.7 Å². The van der Waals surface area contributed by atoms with Crippen molar-refractivity contribution in [3.8, 4) is 5.75 Å². The molecule has 3 rings (SSSR count). The van der Waals surface area contributed by atoms with Gasteiger partial charge in [-0.3, -0.25) is 4.79 Å². The van der Waals surface area contributed by atoms with Crippen molar-refractivity contribution in [3.63, 3.8) is 0 Å². The summed E-state index contributed by atoms with van der Waals surface area (Å²) in [4.78, 5) is 14.6. The molecule has 0 radical (unpaired) electrons. The summed E-state index contributed by atoms with van der Waals surface area (Å²) in [6.07, 6.45) is 3.04. The van der Waals surface area contributed by atoms with Crippen LogP contribution in [-0.2, 0) is 14.8 Å². The summed E-state index contributed by atoms with van der Waals surface area (Å²) in [7, 11) is -1.99. The minimum atomic E-state index is -3.54. The van der Waals surface area contributed by atoms with Gasteiger partial charge >= 0.3 is 0 Å². The Morgan fingerprint density at radius 3 is 2.31 bits per heavy atom. The SMILES string of the molecule is COc1ccc(S(=O)(=O)N2CCN(C(=O)C3CCCCN3)CC2)cc1.Cl. The number of piperazine rings is 1. The first-order valence-electron chi connectivity index (χ1n) is 8.69. The summed E-state index contributed by atoms with van der Waals surface area (Å²) < 4.78 is 32.0. The second-order valence-corrected chi connectivity index (χ2v) is 8.35. The molecule has 0 aromatic heterocycles. The third-order valence-corrected chi connectivity index (χ3v) is 6.77. The smallest absolute Gasteiger partial charge is 0.243 e. The summed E-state index contributed by atoms with van der Waals surface area (Å²) in [5.74, 6) is 0.718. The fourth-order valence-electron chi connectivity index (χ4n) is 3.33. The van der Waals surface area contributed by atoms with E-state index in [1.807, 2.05) is 0 Å². The van der Waals surface area contributed by atoms with Gasteiger partial charge in [0.1, 0.15) is 5.75 Å². The Kier molecular flexibility index (Phi) is 7.28. The number of benzene rings is 1. The zero-order valence-corrected chi connectivity index (χ0v) is 16.5. The number of ether oxygens (including phenoxy) is 1. The quantitative estimate of drug-likeness (QED) is 0.814. The minimum Gasteiger partial charge on any atom is -0.497 e. The second-order valence-electron chi connectivity index (χ2n) is 6.41. The maximum atomic E-state index is 12.7. The zero-order chi connectivity index (χ0) is 17.9. The number of rotatable bonds is 4. The summed E-state index contributed by atoms with van der Waals surface area (Å²) in [6.45, 7) is 2.40. The zero-order valence-electron chi connectivity index (χ0n) is 14.9. The number of sulfonamides is 1. The summed E-state index contributed by atoms with van der Waals surface area (Å²) in [6, 6.07) is 6.27. The average molecular weight is 404 g/mol. The van der Waals surface area contributed by atoms with E-state index in [0.29, 0.717) is 31.9 Å². The molecule has 2 aliphatic rings. The third-order valence-electron chi connectivity index (χ3n) is 4.86. The van der Waals surface area contributed by atoms with Crippen LogP contribution in [-0.4, -0.2) is 69.4 Å². The highest BCUT2D eigenvalue weighted by Crippen LogP contribution is 2.21. The van der Waals surface area contributed by atoms with Crippen LogP contribution in [0.25, 0.3) is 0 Å². The molecule has 7 nitrogen and oxygen atoms in total. The van der Waals surface area contributed by atoms with Gasteiger partial charge in [0.25, 0.3) is 0 Å². The fraction of sp³-hybridized carbons (Fsp3) is 0.588. The lowest BCUT2D eigenvalue weighted by Crippen LogP contribution is -2.55. The molecule has 1 aromatic rings. The van der Waals surface area contributed by atoms with E-state index in [4.69, 9.17) is 4.74 Å². The largest absolute Gasteiger partial charge is 0.497 e. The van der Waals surface area contributed by atoms with Crippen molar-refractivity contribution < 1.29 is 17.9 Å². The molecule has 1 atom stereocenters. The Morgan fingerprint density at radius 2 is 1.77 bits per heavy atom. The number of nitrogens with zero attached hydrogens (tertiary/aromatic N) is 2. The lowest BCUT2D eigenvalue weighted by atomic mass is 10.0. The molecule has 0 spiro atoms. The predicted molar refractivity (Wildman–Crippen MR) is 101 cm³/mol. The molecule has 9 heteroatoms. The first kappa shape index (κ1) is 21.0. The van der Waals surface area contributed by atoms with Crippen molar-refractivity contribution in [2.45, 2.75) is 30.2 Å². The molecule has 146 valence electrons. The van der Waals surface area contributed by atoms with E-state index < -0.39 is 10.0 Å². The van der Waals surface area contributed by atoms with Crippen LogP contribution in [0.15, 0.2) is 29.2 Å². The average Bonchev–Trinajstić information content (AvgIpc) is 2.68. The van der Waals surface area contributed by atoms with Gasteiger partial charge in [-0.1, -0.05) is 6.42 Å². The van der Waals surface area contributed by atoms with E-state index in [-0.39, 0.29) is 29.3 Å². The molecule has 2 fully saturated rings. The number of hydrogen-bond acceptors (Lipinski definition) is 5. The fourth-order valence-corrected chi connectivity index (χ4v) is 4.75. The molecule has 0 bridgehead atoms. The molecule has 1 unspecified atom stereocenters. The molecule has 0 saturated carbocycles. The monoisotopic (exact) mass is 403 g/mol. The molecule has 2 saturated heterocycles. The van der Waals surface area contributed by atoms with Crippen LogP contribution in [0.5, 0.6) is 5.75 Å². The second kappa shape index (κ2) is 9.03. The number of nitrogens with one attached hydrogen (secondary N) is 1. The Balaban J connectivity index is 0.00000243. The van der Waals surface area contributed by atoms with Crippen LogP contribution < -0.4 is 10.1 Å². The number of carbonyl (C=O) groups excluding carboxylic acids is 1. The van der Waals surface area contributed by atoms with E-state index in [1.165, 1.54) is 4.31 Å². The van der Waals surface area contributed by atoms with E-state index in [0.717, 1.165) is 25.8 Å². The molecular weight excluding hydrogens is 378 g/mol. The molecule has 26 heavy (non-hydrogen) atoms. The molecule has 2 aliphatic heterocycles. The van der Waals surface area contributed by atoms with Gasteiger partial charge in [-0.25, -0.2) is 8.42 Å². The van der Waals surface area contributed by atoms with Crippen LogP contribution >= 0.6 is 12.4 Å². The van der Waals surface area contributed by atoms with Gasteiger partial charge < -0.3 is 15.0 Å². The Labute approximate surface area is 161 Å². The van der Waals surface area contributed by atoms with Crippen LogP contribution in [0.3, 0.4) is 0 Å². The number of hydrogen-bond donors (Lipinski definition) is 1. The van der Waals surface area contributed by atoms with Crippen molar-refractivity contribution in [1.82, 2.24) is 14.5 Å². The van der Waals surface area contributed by atoms with Gasteiger partial charge in [-0.15, -0.1) is 12.4 Å². The minimum absolute atomic E-state index is 0. The van der Waals surface area contributed by atoms with Crippen molar-refractivity contribution in [1.29, 1.82) is 0 Å². The Morgan fingerprint density at radius 1 is 1.12 bits per heavy atom. The molecular formula is C17H26ClN3O4S. The van der Waals surface area contributed by atoms with E-state index >= 15 is 0 Å². The van der Waals surface area contributed by atoms with Crippen LogP contribution in [0.4, 0.5) is 0 Å². The maximum absolute atomic E-state index is 12.7. The first-order chi connectivity index (χ1) is 12.0. The molecule has 2 heterocycles. The number of carbonyl (C=O) groups is 1. The van der Waals surface area contributed by atoms with Crippen LogP contribution in [0.2, 0.25) is 0 Å². The van der Waals surface area contributed by atoms with Gasteiger partial charge in [-0.2, -0.15) is 4.31 Å². The standard InChI is InChI=1S/C17H25N3O4S.ClH/c1-24-14-5-7-15(8-6-14)25(22,23)20-12-10-19(11-13-20)17(21)16-4-2-3-9-18-16;/h5-8,16,18H,2-4,9-13H2,1H3;1H. The summed E-state index contributed by atoms with van der Waals surface area (Å²) in [5, 5.41) is 3.26. The van der Waals surface area contributed by atoms with E-state index in [2.05, 4.69) is 5.32 Å².